The van der Waals surface area contributed by atoms with E-state index >= 15 is 0 Å². The first-order valence-electron chi connectivity index (χ1n) is 25.6. The number of pyridine rings is 1. The number of aliphatic hydroxyl groups excluding tert-OH is 1. The van der Waals surface area contributed by atoms with Crippen LogP contribution in [0.1, 0.15) is 106 Å². The summed E-state index contributed by atoms with van der Waals surface area (Å²) in [6.45, 7) is 14.8. The van der Waals surface area contributed by atoms with Gasteiger partial charge in [-0.15, -0.1) is 22.4 Å². The van der Waals surface area contributed by atoms with Crippen LogP contribution in [0.2, 0.25) is 0 Å². The Morgan fingerprint density at radius 1 is 1.00 bits per heavy atom. The zero-order chi connectivity index (χ0) is 54.6. The van der Waals surface area contributed by atoms with Crippen molar-refractivity contribution in [3.05, 3.63) is 119 Å². The van der Waals surface area contributed by atoms with E-state index in [2.05, 4.69) is 87.4 Å². The molecule has 1 aliphatic carbocycles. The van der Waals surface area contributed by atoms with Gasteiger partial charge in [-0.3, -0.25) is 28.6 Å². The quantitative estimate of drug-likeness (QED) is 0.0159. The van der Waals surface area contributed by atoms with Crippen LogP contribution in [0.15, 0.2) is 90.8 Å². The molecule has 1 fully saturated rings. The first-order chi connectivity index (χ1) is 36.6. The largest absolute Gasteiger partial charge is 0.391 e. The van der Waals surface area contributed by atoms with E-state index in [0.29, 0.717) is 74.1 Å². The van der Waals surface area contributed by atoms with Gasteiger partial charge >= 0.3 is 0 Å². The number of anilines is 4. The number of aromatic nitrogens is 6. The predicted molar refractivity (Wildman–Crippen MR) is 304 cm³/mol. The Morgan fingerprint density at radius 3 is 2.43 bits per heavy atom. The molecular formula is C57H70N12O5S2. The third kappa shape index (κ3) is 17.1. The normalized spacial score (nSPS) is 14.2. The summed E-state index contributed by atoms with van der Waals surface area (Å²) in [6, 6.07) is 21.2. The molecule has 2 aliphatic rings. The summed E-state index contributed by atoms with van der Waals surface area (Å²) in [7, 11) is 1.84. The molecule has 2 aromatic carbocycles. The molecule has 4 amide bonds. The number of nitrogens with one attached hydrogen (secondary N) is 4. The number of para-hydroxylation sites is 1. The van der Waals surface area contributed by atoms with Crippen LogP contribution < -0.4 is 25.6 Å². The second-order valence-electron chi connectivity index (χ2n) is 19.8. The SMILES string of the molecule is C#Cc1ccc(CNC=O)cc1.CC(C)C.Cc1cc(N(C)c2ccc(-c3cnn(CC4(C)CC=C=CC4)c3C)c(C(=O)NSCCCCCC(=O)NCC(=O)N3CCC(O)C3)n2)nnc1Nc1nc2ccccc2s1. The number of hydrogen-bond acceptors (Lipinski definition) is 14. The Labute approximate surface area is 454 Å². The third-order valence-corrected chi connectivity index (χ3v) is 14.2. The Bertz CT molecular complexity index is 2990. The Kier molecular flexibility index (Phi) is 21.7. The van der Waals surface area contributed by atoms with Gasteiger partial charge in [0.1, 0.15) is 11.5 Å². The van der Waals surface area contributed by atoms with Crippen molar-refractivity contribution >= 4 is 80.2 Å². The first kappa shape index (κ1) is 57.9. The number of benzene rings is 2. The Balaban J connectivity index is 0.000000504. The highest BCUT2D eigenvalue weighted by molar-refractivity contribution is 7.97. The first-order valence-corrected chi connectivity index (χ1v) is 27.4. The Hall–Kier alpha value is -7.36. The van der Waals surface area contributed by atoms with Crippen LogP contribution in [-0.4, -0.2) is 103 Å². The van der Waals surface area contributed by atoms with Gasteiger partial charge in [0.15, 0.2) is 16.8 Å². The maximum atomic E-state index is 14.0. The van der Waals surface area contributed by atoms with Crippen molar-refractivity contribution in [3.8, 4) is 23.5 Å². The molecule has 1 aliphatic heterocycles. The van der Waals surface area contributed by atoms with E-state index in [1.807, 2.05) is 98.5 Å². The van der Waals surface area contributed by atoms with Crippen molar-refractivity contribution in [2.75, 3.05) is 42.7 Å². The molecular weight excluding hydrogens is 997 g/mol. The molecule has 5 heterocycles. The number of thiazole rings is 1. The number of aryl methyl sites for hydroxylation is 1. The average Bonchev–Trinajstić information content (AvgIpc) is 4.14. The highest BCUT2D eigenvalue weighted by Gasteiger charge is 2.28. The zero-order valence-corrected chi connectivity index (χ0v) is 46.2. The van der Waals surface area contributed by atoms with E-state index in [1.165, 1.54) is 11.9 Å². The molecule has 0 radical (unpaired) electrons. The van der Waals surface area contributed by atoms with Crippen LogP contribution in [0.3, 0.4) is 0 Å². The summed E-state index contributed by atoms with van der Waals surface area (Å²) in [5, 5.41) is 32.7. The molecule has 1 saturated heterocycles. The number of unbranched alkanes of at least 4 members (excludes halogenated alkanes) is 2. The lowest BCUT2D eigenvalue weighted by Crippen LogP contribution is -2.39. The average molecular weight is 1070 g/mol. The number of terminal acetylenes is 1. The molecule has 4 aromatic heterocycles. The molecule has 0 bridgehead atoms. The van der Waals surface area contributed by atoms with Crippen molar-refractivity contribution in [2.45, 2.75) is 106 Å². The van der Waals surface area contributed by atoms with Crippen LogP contribution in [-0.2, 0) is 27.5 Å². The fourth-order valence-electron chi connectivity index (χ4n) is 8.09. The minimum absolute atomic E-state index is 0.0149. The maximum absolute atomic E-state index is 14.0. The third-order valence-electron chi connectivity index (χ3n) is 12.4. The molecule has 0 saturated carbocycles. The number of carbonyl (C=O) groups excluding carboxylic acids is 4. The maximum Gasteiger partial charge on any atom is 0.280 e. The molecule has 1 unspecified atom stereocenters. The summed E-state index contributed by atoms with van der Waals surface area (Å²) >= 11 is 2.85. The molecule has 19 heteroatoms. The van der Waals surface area contributed by atoms with Gasteiger partial charge < -0.3 is 30.9 Å². The monoisotopic (exact) mass is 1070 g/mol. The number of likely N-dealkylation sites (tertiary alicyclic amines) is 1. The number of hydrogen-bond donors (Lipinski definition) is 5. The number of nitrogens with zero attached hydrogens (tertiary/aromatic N) is 8. The topological polar surface area (TPSA) is 212 Å². The molecule has 17 nitrogen and oxygen atoms in total. The summed E-state index contributed by atoms with van der Waals surface area (Å²) in [5.74, 6) is 4.99. The number of amides is 4. The minimum Gasteiger partial charge on any atom is -0.391 e. The number of aliphatic hydroxyl groups is 1. The van der Waals surface area contributed by atoms with Crippen LogP contribution >= 0.6 is 23.3 Å². The van der Waals surface area contributed by atoms with Gasteiger partial charge in [-0.05, 0) is 123 Å². The number of allylic oxidation sites excluding steroid dienone is 1. The summed E-state index contributed by atoms with van der Waals surface area (Å²) < 4.78 is 6.09. The molecule has 1 atom stereocenters. The summed E-state index contributed by atoms with van der Waals surface area (Å²) in [6.07, 6.45) is 16.2. The lowest BCUT2D eigenvalue weighted by molar-refractivity contribution is -0.132. The van der Waals surface area contributed by atoms with Crippen LogP contribution in [0.25, 0.3) is 21.3 Å². The van der Waals surface area contributed by atoms with Gasteiger partial charge in [-0.1, -0.05) is 87.6 Å². The van der Waals surface area contributed by atoms with Crippen molar-refractivity contribution in [2.24, 2.45) is 11.3 Å². The molecule has 6 aromatic rings. The van der Waals surface area contributed by atoms with Gasteiger partial charge in [0.2, 0.25) is 18.2 Å². The second kappa shape index (κ2) is 28.5. The Morgan fingerprint density at radius 2 is 1.75 bits per heavy atom. The van der Waals surface area contributed by atoms with Gasteiger partial charge in [-0.2, -0.15) is 5.10 Å². The van der Waals surface area contributed by atoms with Gasteiger partial charge in [0.05, 0.1) is 29.1 Å². The zero-order valence-electron chi connectivity index (χ0n) is 44.6. The minimum atomic E-state index is -0.489. The van der Waals surface area contributed by atoms with E-state index in [9.17, 15) is 24.3 Å². The van der Waals surface area contributed by atoms with Crippen molar-refractivity contribution in [3.63, 3.8) is 0 Å². The number of rotatable bonds is 20. The van der Waals surface area contributed by atoms with E-state index in [1.54, 1.807) is 21.1 Å². The van der Waals surface area contributed by atoms with E-state index in [0.717, 1.165) is 81.4 Å². The standard InChI is InChI=1S/C43H51N11O4S2.C10H9NO.C4H10/c1-28-23-36(49-50-40(28)48-42-46-33-13-8-9-14-34(33)60-42)52(4)35-17-16-31(32-24-45-54(29(32)2)27-43(3)19-10-6-11-20-43)39(47-35)41(58)51-59-22-12-5-7-15-37(56)44-25-38(57)53-21-18-30(55)26-53;1-2-9-3-5-10(6-4-9)7-11-8-12;1-4(2)3/h8-11,13-14,16-17,23-24,30,55H,5,7,12,15,18-22,25-27H2,1-4H3,(H,44,56)(H,51,58)(H,46,48,50);1,3-6,8H,7H2,(H,11,12);4H,1-3H3. The van der Waals surface area contributed by atoms with E-state index < -0.39 is 6.10 Å². The van der Waals surface area contributed by atoms with Crippen molar-refractivity contribution in [1.29, 1.82) is 0 Å². The van der Waals surface area contributed by atoms with Crippen LogP contribution in [0, 0.1) is 37.5 Å². The smallest absolute Gasteiger partial charge is 0.280 e. The molecule has 76 heavy (non-hydrogen) atoms. The molecule has 400 valence electrons. The van der Waals surface area contributed by atoms with Crippen LogP contribution in [0.4, 0.5) is 22.6 Å². The number of carbonyl (C=O) groups is 4. The van der Waals surface area contributed by atoms with Crippen molar-refractivity contribution < 1.29 is 24.3 Å². The lowest BCUT2D eigenvalue weighted by atomic mass is 9.81. The summed E-state index contributed by atoms with van der Waals surface area (Å²) in [5.41, 5.74) is 9.61. The second-order valence-corrected chi connectivity index (χ2v) is 21.7. The lowest BCUT2D eigenvalue weighted by Gasteiger charge is -2.28. The van der Waals surface area contributed by atoms with Gasteiger partial charge in [0, 0.05) is 67.8 Å². The highest BCUT2D eigenvalue weighted by Crippen LogP contribution is 2.35. The van der Waals surface area contributed by atoms with Gasteiger partial charge in [-0.25, -0.2) is 9.97 Å². The van der Waals surface area contributed by atoms with E-state index in [4.69, 9.17) is 16.5 Å². The van der Waals surface area contributed by atoms with E-state index in [-0.39, 0.29) is 35.4 Å². The fourth-order valence-corrected chi connectivity index (χ4v) is 9.63. The number of fused-ring (bicyclic) bond motifs is 1. The summed E-state index contributed by atoms with van der Waals surface area (Å²) in [4.78, 5) is 61.5. The van der Waals surface area contributed by atoms with Crippen LogP contribution in [0.5, 0.6) is 0 Å². The van der Waals surface area contributed by atoms with Crippen molar-refractivity contribution in [1.82, 2.24) is 50.2 Å². The predicted octanol–water partition coefficient (Wildman–Crippen LogP) is 9.21. The molecule has 8 rings (SSSR count). The number of β-amino-alcohol motifs (C(OH)–C–C–N with tert-alkyl or cyclic N) is 1. The van der Waals surface area contributed by atoms with Gasteiger partial charge in [0.25, 0.3) is 5.91 Å². The molecule has 0 spiro atoms. The fraction of sp³-hybridized carbons (Fsp3) is 0.404. The highest BCUT2D eigenvalue weighted by atomic mass is 32.2. The molecule has 5 N–H and O–H groups in total.